The van der Waals surface area contributed by atoms with E-state index in [4.69, 9.17) is 0 Å². The van der Waals surface area contributed by atoms with Crippen molar-refractivity contribution in [1.29, 1.82) is 0 Å². The van der Waals surface area contributed by atoms with Gasteiger partial charge in [-0.05, 0) is 47.9 Å². The highest BCUT2D eigenvalue weighted by Crippen LogP contribution is 2.25. The number of thiophene rings is 1. The quantitative estimate of drug-likeness (QED) is 0.862. The van der Waals surface area contributed by atoms with Crippen molar-refractivity contribution in [3.63, 3.8) is 0 Å². The van der Waals surface area contributed by atoms with E-state index in [0.717, 1.165) is 34.8 Å². The van der Waals surface area contributed by atoms with Crippen molar-refractivity contribution in [1.82, 2.24) is 14.9 Å². The van der Waals surface area contributed by atoms with E-state index in [2.05, 4.69) is 30.8 Å². The Bertz CT molecular complexity index is 609. The molecule has 3 heterocycles. The fraction of sp³-hybridized carbons (Fsp3) is 0.455. The van der Waals surface area contributed by atoms with Crippen molar-refractivity contribution >= 4 is 62.3 Å². The Morgan fingerprint density at radius 2 is 2.05 bits per heavy atom. The van der Waals surface area contributed by atoms with E-state index >= 15 is 0 Å². The molecule has 106 valence electrons. The standard InChI is InChI=1S/C11H12BrN3OS.2ClH/c12-8-5-7-10(17-8)11(16)14-9(13-7)6-15-3-1-2-4-15;;/h5H,1-4,6H2,(H,13,14,16);2*1H. The maximum atomic E-state index is 11.9. The van der Waals surface area contributed by atoms with Crippen LogP contribution in [-0.2, 0) is 6.54 Å². The van der Waals surface area contributed by atoms with Crippen molar-refractivity contribution in [2.45, 2.75) is 19.4 Å². The van der Waals surface area contributed by atoms with E-state index in [1.165, 1.54) is 24.2 Å². The number of nitrogens with zero attached hydrogens (tertiary/aromatic N) is 2. The molecular weight excluding hydrogens is 373 g/mol. The maximum absolute atomic E-state index is 11.9. The molecule has 0 unspecified atom stereocenters. The molecule has 1 aliphatic rings. The molecule has 0 atom stereocenters. The molecule has 0 amide bonds. The SMILES string of the molecule is Cl.Cl.O=c1[nH]c(CN2CCCC2)nc2cc(Br)sc12. The zero-order valence-corrected chi connectivity index (χ0v) is 14.1. The van der Waals surface area contributed by atoms with Gasteiger partial charge in [-0.15, -0.1) is 36.2 Å². The summed E-state index contributed by atoms with van der Waals surface area (Å²) in [6.45, 7) is 2.96. The Morgan fingerprint density at radius 3 is 2.74 bits per heavy atom. The van der Waals surface area contributed by atoms with Crippen molar-refractivity contribution in [2.24, 2.45) is 0 Å². The van der Waals surface area contributed by atoms with E-state index in [1.807, 2.05) is 6.07 Å². The normalized spacial score (nSPS) is 15.2. The minimum atomic E-state index is -0.0279. The second-order valence-corrected chi connectivity index (χ2v) is 6.69. The van der Waals surface area contributed by atoms with Crippen LogP contribution in [-0.4, -0.2) is 28.0 Å². The summed E-state index contributed by atoms with van der Waals surface area (Å²) in [5.41, 5.74) is 0.764. The molecule has 2 aromatic rings. The number of halogens is 3. The number of fused-ring (bicyclic) bond motifs is 1. The van der Waals surface area contributed by atoms with Crippen molar-refractivity contribution < 1.29 is 0 Å². The number of hydrogen-bond donors (Lipinski definition) is 1. The monoisotopic (exact) mass is 385 g/mol. The first-order chi connectivity index (χ1) is 8.22. The van der Waals surface area contributed by atoms with Gasteiger partial charge in [0, 0.05) is 0 Å². The smallest absolute Gasteiger partial charge is 0.268 e. The van der Waals surface area contributed by atoms with Crippen LogP contribution in [0.25, 0.3) is 10.2 Å². The Kier molecular flexibility index (Phi) is 6.26. The van der Waals surface area contributed by atoms with E-state index in [0.29, 0.717) is 4.70 Å². The number of hydrogen-bond acceptors (Lipinski definition) is 4. The molecule has 0 spiro atoms. The molecule has 1 aliphatic heterocycles. The third-order valence-corrected chi connectivity index (χ3v) is 4.60. The first-order valence-electron chi connectivity index (χ1n) is 5.63. The van der Waals surface area contributed by atoms with Gasteiger partial charge >= 0.3 is 0 Å². The van der Waals surface area contributed by atoms with Crippen LogP contribution < -0.4 is 5.56 Å². The van der Waals surface area contributed by atoms with Crippen molar-refractivity contribution in [3.05, 3.63) is 26.0 Å². The number of likely N-dealkylation sites (tertiary alicyclic amines) is 1. The lowest BCUT2D eigenvalue weighted by molar-refractivity contribution is 0.322. The molecule has 0 aromatic carbocycles. The summed E-state index contributed by atoms with van der Waals surface area (Å²) in [6.07, 6.45) is 2.49. The van der Waals surface area contributed by atoms with Gasteiger partial charge in [-0.3, -0.25) is 9.69 Å². The van der Waals surface area contributed by atoms with Gasteiger partial charge in [-0.25, -0.2) is 4.98 Å². The van der Waals surface area contributed by atoms with Crippen LogP contribution in [0.3, 0.4) is 0 Å². The summed E-state index contributed by atoms with van der Waals surface area (Å²) >= 11 is 4.81. The Labute approximate surface area is 135 Å². The van der Waals surface area contributed by atoms with Crippen LogP contribution in [0.5, 0.6) is 0 Å². The molecule has 0 radical (unpaired) electrons. The molecule has 0 aliphatic carbocycles. The van der Waals surface area contributed by atoms with Gasteiger partial charge < -0.3 is 4.98 Å². The number of H-pyrrole nitrogens is 1. The summed E-state index contributed by atoms with van der Waals surface area (Å²) in [6, 6.07) is 1.91. The molecular formula is C11H14BrCl2N3OS. The van der Waals surface area contributed by atoms with Gasteiger partial charge in [0.15, 0.2) is 0 Å². The average molecular weight is 387 g/mol. The largest absolute Gasteiger partial charge is 0.308 e. The Hall–Kier alpha value is -0.140. The third kappa shape index (κ3) is 3.70. The highest BCUT2D eigenvalue weighted by molar-refractivity contribution is 9.11. The van der Waals surface area contributed by atoms with E-state index < -0.39 is 0 Å². The molecule has 1 N–H and O–H groups in total. The molecule has 1 saturated heterocycles. The summed E-state index contributed by atoms with van der Waals surface area (Å²) in [5, 5.41) is 0. The highest BCUT2D eigenvalue weighted by Gasteiger charge is 2.14. The van der Waals surface area contributed by atoms with Crippen LogP contribution in [0, 0.1) is 0 Å². The van der Waals surface area contributed by atoms with Crippen molar-refractivity contribution in [3.8, 4) is 0 Å². The topological polar surface area (TPSA) is 49.0 Å². The van der Waals surface area contributed by atoms with Gasteiger partial charge in [0.2, 0.25) is 0 Å². The highest BCUT2D eigenvalue weighted by atomic mass is 79.9. The van der Waals surface area contributed by atoms with Crippen LogP contribution in [0.15, 0.2) is 14.6 Å². The van der Waals surface area contributed by atoms with Crippen LogP contribution >= 0.6 is 52.1 Å². The third-order valence-electron chi connectivity index (χ3n) is 2.97. The van der Waals surface area contributed by atoms with Crippen molar-refractivity contribution in [2.75, 3.05) is 13.1 Å². The second kappa shape index (κ2) is 7.04. The van der Waals surface area contributed by atoms with E-state index in [1.54, 1.807) is 0 Å². The van der Waals surface area contributed by atoms with E-state index in [9.17, 15) is 4.79 Å². The lowest BCUT2D eigenvalue weighted by atomic mass is 10.4. The predicted octanol–water partition coefficient (Wildman–Crippen LogP) is 3.19. The van der Waals surface area contributed by atoms with Gasteiger partial charge in [0.1, 0.15) is 10.5 Å². The maximum Gasteiger partial charge on any atom is 0.268 e. The molecule has 4 nitrogen and oxygen atoms in total. The minimum absolute atomic E-state index is 0. The van der Waals surface area contributed by atoms with Crippen LogP contribution in [0.2, 0.25) is 0 Å². The van der Waals surface area contributed by atoms with Gasteiger partial charge in [-0.2, -0.15) is 0 Å². The molecule has 0 bridgehead atoms. The predicted molar refractivity (Wildman–Crippen MR) is 86.9 cm³/mol. The second-order valence-electron chi connectivity index (χ2n) is 4.26. The lowest BCUT2D eigenvalue weighted by Gasteiger charge is -2.13. The molecule has 19 heavy (non-hydrogen) atoms. The fourth-order valence-electron chi connectivity index (χ4n) is 2.19. The fourth-order valence-corrected chi connectivity index (χ4v) is 3.61. The summed E-state index contributed by atoms with van der Waals surface area (Å²) < 4.78 is 1.64. The molecule has 1 fully saturated rings. The first-order valence-corrected chi connectivity index (χ1v) is 7.24. The van der Waals surface area contributed by atoms with Gasteiger partial charge in [0.25, 0.3) is 5.56 Å². The van der Waals surface area contributed by atoms with Gasteiger partial charge in [0.05, 0.1) is 15.8 Å². The Morgan fingerprint density at radius 1 is 1.37 bits per heavy atom. The summed E-state index contributed by atoms with van der Waals surface area (Å²) in [4.78, 5) is 21.6. The number of aromatic nitrogens is 2. The first kappa shape index (κ1) is 16.9. The minimum Gasteiger partial charge on any atom is -0.308 e. The molecule has 8 heteroatoms. The summed E-state index contributed by atoms with van der Waals surface area (Å²) in [7, 11) is 0. The van der Waals surface area contributed by atoms with Crippen LogP contribution in [0.4, 0.5) is 0 Å². The average Bonchev–Trinajstić information content (AvgIpc) is 2.87. The Balaban J connectivity index is 0.000000902. The molecule has 0 saturated carbocycles. The lowest BCUT2D eigenvalue weighted by Crippen LogP contribution is -2.22. The molecule has 3 rings (SSSR count). The zero-order valence-electron chi connectivity index (χ0n) is 10.0. The number of nitrogens with one attached hydrogen (secondary N) is 1. The number of rotatable bonds is 2. The summed E-state index contributed by atoms with van der Waals surface area (Å²) in [5.74, 6) is 0.773. The van der Waals surface area contributed by atoms with Gasteiger partial charge in [-0.1, -0.05) is 0 Å². The van der Waals surface area contributed by atoms with E-state index in [-0.39, 0.29) is 30.4 Å². The zero-order chi connectivity index (χ0) is 11.8. The van der Waals surface area contributed by atoms with Crippen LogP contribution in [0.1, 0.15) is 18.7 Å². The number of aromatic amines is 1. The molecule has 2 aromatic heterocycles.